The van der Waals surface area contributed by atoms with E-state index in [1.54, 1.807) is 0 Å². The molecule has 0 aromatic heterocycles. The molecular formula is C15H31NO. The van der Waals surface area contributed by atoms with Gasteiger partial charge >= 0.3 is 0 Å². The molecule has 17 heavy (non-hydrogen) atoms. The molecule has 2 heteroatoms. The number of amides is 1. The number of hydrogen-bond donors (Lipinski definition) is 1. The summed E-state index contributed by atoms with van der Waals surface area (Å²) in [5.74, 6) is 0.215. The lowest BCUT2D eigenvalue weighted by atomic mass is 10.1. The summed E-state index contributed by atoms with van der Waals surface area (Å²) >= 11 is 0. The molecule has 2 nitrogen and oxygen atoms in total. The van der Waals surface area contributed by atoms with Crippen molar-refractivity contribution in [2.24, 2.45) is 0 Å². The van der Waals surface area contributed by atoms with Crippen molar-refractivity contribution < 1.29 is 4.79 Å². The van der Waals surface area contributed by atoms with E-state index in [1.807, 2.05) is 6.92 Å². The van der Waals surface area contributed by atoms with Crippen LogP contribution in [0.15, 0.2) is 0 Å². The maximum atomic E-state index is 11.2. The van der Waals surface area contributed by atoms with Gasteiger partial charge < -0.3 is 5.32 Å². The second-order valence-corrected chi connectivity index (χ2v) is 4.89. The minimum absolute atomic E-state index is 0.215. The average molecular weight is 241 g/mol. The topological polar surface area (TPSA) is 29.1 Å². The molecule has 0 bridgehead atoms. The van der Waals surface area contributed by atoms with E-state index in [0.29, 0.717) is 6.42 Å². The van der Waals surface area contributed by atoms with Crippen LogP contribution in [0.25, 0.3) is 0 Å². The zero-order chi connectivity index (χ0) is 12.8. The first-order chi connectivity index (χ1) is 8.31. The van der Waals surface area contributed by atoms with Crippen molar-refractivity contribution in [2.45, 2.75) is 84.5 Å². The first-order valence-electron chi connectivity index (χ1n) is 7.58. The van der Waals surface area contributed by atoms with Crippen LogP contribution >= 0.6 is 0 Å². The van der Waals surface area contributed by atoms with Crippen LogP contribution in [-0.2, 0) is 4.79 Å². The fraction of sp³-hybridized carbons (Fsp3) is 0.933. The summed E-state index contributed by atoms with van der Waals surface area (Å²) in [6, 6.07) is 0. The lowest BCUT2D eigenvalue weighted by Crippen LogP contribution is -2.21. The second kappa shape index (κ2) is 13.5. The summed E-state index contributed by atoms with van der Waals surface area (Å²) in [4.78, 5) is 11.2. The van der Waals surface area contributed by atoms with Crippen molar-refractivity contribution in [3.8, 4) is 0 Å². The fourth-order valence-electron chi connectivity index (χ4n) is 2.06. The minimum atomic E-state index is 0.215. The smallest absolute Gasteiger partial charge is 0.219 e. The van der Waals surface area contributed by atoms with Crippen molar-refractivity contribution in [3.05, 3.63) is 0 Å². The Kier molecular flexibility index (Phi) is 13.1. The number of unbranched alkanes of at least 4 members (excludes halogenated alkanes) is 9. The number of nitrogens with one attached hydrogen (secondary N) is 1. The van der Waals surface area contributed by atoms with Crippen molar-refractivity contribution in [3.63, 3.8) is 0 Å². The van der Waals surface area contributed by atoms with Gasteiger partial charge in [-0.05, 0) is 13.3 Å². The first kappa shape index (κ1) is 16.5. The lowest BCUT2D eigenvalue weighted by Gasteiger charge is -2.03. The zero-order valence-corrected chi connectivity index (χ0v) is 11.9. The van der Waals surface area contributed by atoms with E-state index in [-0.39, 0.29) is 5.91 Å². The van der Waals surface area contributed by atoms with Gasteiger partial charge in [0.05, 0.1) is 0 Å². The molecule has 102 valence electrons. The van der Waals surface area contributed by atoms with E-state index < -0.39 is 0 Å². The maximum Gasteiger partial charge on any atom is 0.219 e. The summed E-state index contributed by atoms with van der Waals surface area (Å²) in [6.07, 6.45) is 14.0. The standard InChI is InChI=1S/C15H31NO/c1-3-5-6-7-8-9-10-11-12-13-14-15(17)16-4-2/h3-14H2,1-2H3,(H,16,17). The van der Waals surface area contributed by atoms with E-state index in [9.17, 15) is 4.79 Å². The summed E-state index contributed by atoms with van der Waals surface area (Å²) < 4.78 is 0. The average Bonchev–Trinajstić information content (AvgIpc) is 2.32. The van der Waals surface area contributed by atoms with Crippen LogP contribution in [0, 0.1) is 0 Å². The highest BCUT2D eigenvalue weighted by Crippen LogP contribution is 2.11. The molecule has 0 rings (SSSR count). The van der Waals surface area contributed by atoms with Crippen molar-refractivity contribution >= 4 is 5.91 Å². The highest BCUT2D eigenvalue weighted by Gasteiger charge is 1.98. The molecule has 0 saturated heterocycles. The Balaban J connectivity index is 3.01. The normalized spacial score (nSPS) is 10.5. The van der Waals surface area contributed by atoms with E-state index in [0.717, 1.165) is 13.0 Å². The summed E-state index contributed by atoms with van der Waals surface area (Å²) in [5.41, 5.74) is 0. The molecule has 0 unspecified atom stereocenters. The molecule has 0 radical (unpaired) electrons. The molecule has 0 atom stereocenters. The lowest BCUT2D eigenvalue weighted by molar-refractivity contribution is -0.121. The molecule has 0 aliphatic carbocycles. The van der Waals surface area contributed by atoms with Crippen LogP contribution < -0.4 is 5.32 Å². The Labute approximate surface area is 108 Å². The van der Waals surface area contributed by atoms with Crippen molar-refractivity contribution in [1.29, 1.82) is 0 Å². The Hall–Kier alpha value is -0.530. The Morgan fingerprint density at radius 1 is 0.765 bits per heavy atom. The van der Waals surface area contributed by atoms with E-state index >= 15 is 0 Å². The largest absolute Gasteiger partial charge is 0.356 e. The predicted molar refractivity (Wildman–Crippen MR) is 75.1 cm³/mol. The monoisotopic (exact) mass is 241 g/mol. The SMILES string of the molecule is CCCCCCCCCCCCC(=O)NCC. The van der Waals surface area contributed by atoms with Gasteiger partial charge in [0, 0.05) is 13.0 Å². The van der Waals surface area contributed by atoms with Gasteiger partial charge in [-0.3, -0.25) is 4.79 Å². The van der Waals surface area contributed by atoms with Gasteiger partial charge in [0.25, 0.3) is 0 Å². The quantitative estimate of drug-likeness (QED) is 0.503. The molecule has 0 fully saturated rings. The number of carbonyl (C=O) groups is 1. The van der Waals surface area contributed by atoms with E-state index in [4.69, 9.17) is 0 Å². The third-order valence-electron chi connectivity index (χ3n) is 3.13. The predicted octanol–water partition coefficient (Wildman–Crippen LogP) is 4.43. The van der Waals surface area contributed by atoms with E-state index in [2.05, 4.69) is 12.2 Å². The van der Waals surface area contributed by atoms with Gasteiger partial charge in [0.15, 0.2) is 0 Å². The Morgan fingerprint density at radius 3 is 1.71 bits per heavy atom. The Morgan fingerprint density at radius 2 is 1.24 bits per heavy atom. The third-order valence-corrected chi connectivity index (χ3v) is 3.13. The van der Waals surface area contributed by atoms with Gasteiger partial charge in [-0.2, -0.15) is 0 Å². The molecule has 0 aliphatic rings. The highest BCUT2D eigenvalue weighted by atomic mass is 16.1. The molecule has 0 heterocycles. The van der Waals surface area contributed by atoms with Gasteiger partial charge in [0.1, 0.15) is 0 Å². The summed E-state index contributed by atoms with van der Waals surface area (Å²) in [5, 5.41) is 2.84. The van der Waals surface area contributed by atoms with E-state index in [1.165, 1.54) is 57.8 Å². The van der Waals surface area contributed by atoms with Crippen LogP contribution in [0.5, 0.6) is 0 Å². The van der Waals surface area contributed by atoms with Crippen LogP contribution in [0.4, 0.5) is 0 Å². The highest BCUT2D eigenvalue weighted by molar-refractivity contribution is 5.75. The van der Waals surface area contributed by atoms with Crippen LogP contribution in [0.3, 0.4) is 0 Å². The summed E-state index contributed by atoms with van der Waals surface area (Å²) in [7, 11) is 0. The molecule has 0 aliphatic heterocycles. The van der Waals surface area contributed by atoms with Crippen molar-refractivity contribution in [1.82, 2.24) is 5.32 Å². The Bertz CT molecular complexity index is 168. The van der Waals surface area contributed by atoms with Crippen molar-refractivity contribution in [2.75, 3.05) is 6.54 Å². The summed E-state index contributed by atoms with van der Waals surface area (Å²) in [6.45, 7) is 4.99. The number of hydrogen-bond acceptors (Lipinski definition) is 1. The molecule has 1 amide bonds. The molecular weight excluding hydrogens is 210 g/mol. The maximum absolute atomic E-state index is 11.2. The molecule has 0 aromatic rings. The van der Waals surface area contributed by atoms with Gasteiger partial charge in [0.2, 0.25) is 5.91 Å². The van der Waals surface area contributed by atoms with Gasteiger partial charge in [-0.15, -0.1) is 0 Å². The van der Waals surface area contributed by atoms with Crippen LogP contribution in [-0.4, -0.2) is 12.5 Å². The fourth-order valence-corrected chi connectivity index (χ4v) is 2.06. The van der Waals surface area contributed by atoms with Crippen LogP contribution in [0.2, 0.25) is 0 Å². The molecule has 0 spiro atoms. The zero-order valence-electron chi connectivity index (χ0n) is 11.9. The second-order valence-electron chi connectivity index (χ2n) is 4.89. The minimum Gasteiger partial charge on any atom is -0.356 e. The molecule has 0 aromatic carbocycles. The number of rotatable bonds is 12. The third kappa shape index (κ3) is 13.4. The molecule has 0 saturated carbocycles. The first-order valence-corrected chi connectivity index (χ1v) is 7.58. The van der Waals surface area contributed by atoms with Gasteiger partial charge in [-0.25, -0.2) is 0 Å². The molecule has 1 N–H and O–H groups in total. The van der Waals surface area contributed by atoms with Crippen LogP contribution in [0.1, 0.15) is 84.5 Å². The van der Waals surface area contributed by atoms with Gasteiger partial charge in [-0.1, -0.05) is 64.7 Å². The number of carbonyl (C=O) groups excluding carboxylic acids is 1.